The lowest BCUT2D eigenvalue weighted by Crippen LogP contribution is -2.48. The minimum Gasteiger partial charge on any atom is -0.490 e. The molecular weight excluding hydrogens is 400 g/mol. The van der Waals surface area contributed by atoms with Crippen molar-refractivity contribution in [3.8, 4) is 11.5 Å². The van der Waals surface area contributed by atoms with Crippen molar-refractivity contribution in [3.05, 3.63) is 46.5 Å². The Morgan fingerprint density at radius 2 is 1.43 bits per heavy atom. The maximum Gasteiger partial charge on any atom is 0.138 e. The summed E-state index contributed by atoms with van der Waals surface area (Å²) < 4.78 is 11.9. The largest absolute Gasteiger partial charge is 0.490 e. The minimum atomic E-state index is 0.500. The van der Waals surface area contributed by atoms with Gasteiger partial charge in [-0.3, -0.25) is 14.8 Å². The number of pyridine rings is 2. The standard InChI is InChI=1S/C23H31ClN4O2/c1-16-17(10-21(12-25-16)29-14-19-6-8-27(19)2)4-5-18-11-22(13-26-23(18)24)30-15-20-7-9-28(20)3/h10-13,19-20H,4-9,14-15H2,1-3H3/t19-,20?/m0/s1. The van der Waals surface area contributed by atoms with Gasteiger partial charge in [-0.25, -0.2) is 4.98 Å². The molecule has 7 heteroatoms. The molecule has 30 heavy (non-hydrogen) atoms. The van der Waals surface area contributed by atoms with Crippen molar-refractivity contribution in [2.75, 3.05) is 40.4 Å². The minimum absolute atomic E-state index is 0.500. The van der Waals surface area contributed by atoms with Gasteiger partial charge in [0.2, 0.25) is 0 Å². The highest BCUT2D eigenvalue weighted by atomic mass is 35.5. The van der Waals surface area contributed by atoms with E-state index >= 15 is 0 Å². The molecule has 1 unspecified atom stereocenters. The molecule has 2 atom stereocenters. The molecule has 0 aliphatic carbocycles. The first kappa shape index (κ1) is 21.3. The van der Waals surface area contributed by atoms with E-state index in [2.05, 4.69) is 39.9 Å². The molecule has 4 heterocycles. The lowest BCUT2D eigenvalue weighted by molar-refractivity contribution is 0.0767. The molecule has 0 amide bonds. The van der Waals surface area contributed by atoms with Gasteiger partial charge in [-0.15, -0.1) is 0 Å². The van der Waals surface area contributed by atoms with Crippen LogP contribution in [0.1, 0.15) is 29.7 Å². The maximum absolute atomic E-state index is 6.36. The van der Waals surface area contributed by atoms with Crippen LogP contribution < -0.4 is 9.47 Å². The Morgan fingerprint density at radius 1 is 0.900 bits per heavy atom. The quantitative estimate of drug-likeness (QED) is 0.568. The molecule has 162 valence electrons. The summed E-state index contributed by atoms with van der Waals surface area (Å²) in [5, 5.41) is 0.536. The first-order valence-electron chi connectivity index (χ1n) is 10.8. The first-order valence-corrected chi connectivity index (χ1v) is 11.1. The highest BCUT2D eigenvalue weighted by Gasteiger charge is 2.25. The Labute approximate surface area is 184 Å². The van der Waals surface area contributed by atoms with Crippen molar-refractivity contribution in [2.24, 2.45) is 0 Å². The van der Waals surface area contributed by atoms with Crippen molar-refractivity contribution < 1.29 is 9.47 Å². The Hall–Kier alpha value is -1.89. The average Bonchev–Trinajstić information content (AvgIpc) is 2.73. The van der Waals surface area contributed by atoms with Crippen molar-refractivity contribution in [1.82, 2.24) is 19.8 Å². The molecule has 0 saturated carbocycles. The fourth-order valence-corrected chi connectivity index (χ4v) is 4.03. The third-order valence-corrected chi connectivity index (χ3v) is 6.82. The molecule has 4 rings (SSSR count). The Bertz CT molecular complexity index is 807. The number of likely N-dealkylation sites (tertiary alicyclic amines) is 2. The van der Waals surface area contributed by atoms with Crippen LogP contribution in [0.5, 0.6) is 11.5 Å². The lowest BCUT2D eigenvalue weighted by Gasteiger charge is -2.37. The molecule has 2 aromatic heterocycles. The highest BCUT2D eigenvalue weighted by Crippen LogP contribution is 2.24. The number of ether oxygens (including phenoxy) is 2. The van der Waals surface area contributed by atoms with Gasteiger partial charge in [0, 0.05) is 17.8 Å². The van der Waals surface area contributed by atoms with Gasteiger partial charge in [-0.1, -0.05) is 11.6 Å². The molecule has 0 N–H and O–H groups in total. The van der Waals surface area contributed by atoms with Crippen molar-refractivity contribution in [1.29, 1.82) is 0 Å². The van der Waals surface area contributed by atoms with Gasteiger partial charge >= 0.3 is 0 Å². The second kappa shape index (κ2) is 9.50. The van der Waals surface area contributed by atoms with E-state index in [0.717, 1.165) is 48.7 Å². The SMILES string of the molecule is Cc1ncc(OC[C@@H]2CCN2C)cc1CCc1cc(OCC2CCN2C)cnc1Cl. The van der Waals surface area contributed by atoms with Crippen LogP contribution in [0.15, 0.2) is 24.5 Å². The van der Waals surface area contributed by atoms with Crippen LogP contribution in [0, 0.1) is 6.92 Å². The summed E-state index contributed by atoms with van der Waals surface area (Å²) in [5.41, 5.74) is 3.19. The summed E-state index contributed by atoms with van der Waals surface area (Å²) in [4.78, 5) is 13.5. The van der Waals surface area contributed by atoms with Crippen LogP contribution in [0.4, 0.5) is 0 Å². The second-order valence-electron chi connectivity index (χ2n) is 8.50. The Morgan fingerprint density at radius 3 is 1.97 bits per heavy atom. The van der Waals surface area contributed by atoms with Gasteiger partial charge in [0.05, 0.1) is 12.4 Å². The van der Waals surface area contributed by atoms with E-state index in [9.17, 15) is 0 Å². The van der Waals surface area contributed by atoms with E-state index < -0.39 is 0 Å². The Balaban J connectivity index is 1.35. The van der Waals surface area contributed by atoms with E-state index in [-0.39, 0.29) is 0 Å². The van der Waals surface area contributed by atoms with Gasteiger partial charge < -0.3 is 9.47 Å². The molecular formula is C23H31ClN4O2. The lowest BCUT2D eigenvalue weighted by atomic mass is 10.0. The van der Waals surface area contributed by atoms with E-state index in [1.54, 1.807) is 6.20 Å². The van der Waals surface area contributed by atoms with Crippen molar-refractivity contribution in [3.63, 3.8) is 0 Å². The molecule has 2 fully saturated rings. The molecule has 0 bridgehead atoms. The first-order chi connectivity index (χ1) is 14.5. The zero-order valence-electron chi connectivity index (χ0n) is 18.1. The van der Waals surface area contributed by atoms with Crippen LogP contribution in [0.2, 0.25) is 5.15 Å². The second-order valence-corrected chi connectivity index (χ2v) is 8.86. The normalized spacial score (nSPS) is 21.7. The number of aryl methyl sites for hydroxylation is 3. The number of hydrogen-bond donors (Lipinski definition) is 0. The van der Waals surface area contributed by atoms with E-state index in [1.807, 2.05) is 19.2 Å². The predicted molar refractivity (Wildman–Crippen MR) is 119 cm³/mol. The van der Waals surface area contributed by atoms with E-state index in [4.69, 9.17) is 21.1 Å². The number of likely N-dealkylation sites (N-methyl/N-ethyl adjacent to an activating group) is 2. The fraction of sp³-hybridized carbons (Fsp3) is 0.565. The van der Waals surface area contributed by atoms with Gasteiger partial charge in [0.1, 0.15) is 29.9 Å². The summed E-state index contributed by atoms with van der Waals surface area (Å²) >= 11 is 6.36. The summed E-state index contributed by atoms with van der Waals surface area (Å²) in [6, 6.07) is 5.14. The van der Waals surface area contributed by atoms with Crippen LogP contribution in [0.25, 0.3) is 0 Å². The number of hydrogen-bond acceptors (Lipinski definition) is 6. The van der Waals surface area contributed by atoms with Crippen LogP contribution in [0.3, 0.4) is 0 Å². The zero-order chi connectivity index (χ0) is 21.1. The monoisotopic (exact) mass is 430 g/mol. The Kier molecular flexibility index (Phi) is 6.76. The number of nitrogens with zero attached hydrogens (tertiary/aromatic N) is 4. The van der Waals surface area contributed by atoms with Gasteiger partial charge in [0.15, 0.2) is 0 Å². The maximum atomic E-state index is 6.36. The van der Waals surface area contributed by atoms with E-state index in [0.29, 0.717) is 30.5 Å². The molecule has 6 nitrogen and oxygen atoms in total. The molecule has 2 saturated heterocycles. The molecule has 0 radical (unpaired) electrons. The van der Waals surface area contributed by atoms with Gasteiger partial charge in [-0.2, -0.15) is 0 Å². The summed E-state index contributed by atoms with van der Waals surface area (Å²) in [6.45, 7) is 5.74. The van der Waals surface area contributed by atoms with Crippen LogP contribution >= 0.6 is 11.6 Å². The van der Waals surface area contributed by atoms with Crippen molar-refractivity contribution >= 4 is 11.6 Å². The van der Waals surface area contributed by atoms with Gasteiger partial charge in [-0.05, 0) is 83.1 Å². The summed E-state index contributed by atoms with van der Waals surface area (Å²) in [6.07, 6.45) is 7.52. The molecule has 2 aliphatic rings. The predicted octanol–water partition coefficient (Wildman–Crippen LogP) is 3.39. The fourth-order valence-electron chi connectivity index (χ4n) is 3.83. The molecule has 2 aromatic rings. The number of halogens is 1. The van der Waals surface area contributed by atoms with E-state index in [1.165, 1.54) is 18.4 Å². The highest BCUT2D eigenvalue weighted by molar-refractivity contribution is 6.30. The van der Waals surface area contributed by atoms with Crippen LogP contribution in [-0.4, -0.2) is 72.3 Å². The summed E-state index contributed by atoms with van der Waals surface area (Å²) in [7, 11) is 4.26. The smallest absolute Gasteiger partial charge is 0.138 e. The molecule has 0 spiro atoms. The topological polar surface area (TPSA) is 50.7 Å². The van der Waals surface area contributed by atoms with Gasteiger partial charge in [0.25, 0.3) is 0 Å². The summed E-state index contributed by atoms with van der Waals surface area (Å²) in [5.74, 6) is 1.62. The number of aromatic nitrogens is 2. The third kappa shape index (κ3) is 5.05. The third-order valence-electron chi connectivity index (χ3n) is 6.48. The zero-order valence-corrected chi connectivity index (χ0v) is 18.9. The van der Waals surface area contributed by atoms with Crippen molar-refractivity contribution in [2.45, 2.75) is 44.7 Å². The molecule has 2 aliphatic heterocycles. The molecule has 0 aromatic carbocycles. The number of rotatable bonds is 9. The van der Waals surface area contributed by atoms with Crippen LogP contribution in [-0.2, 0) is 12.8 Å². The average molecular weight is 431 g/mol.